The van der Waals surface area contributed by atoms with E-state index >= 15 is 0 Å². The van der Waals surface area contributed by atoms with Gasteiger partial charge in [0.25, 0.3) is 5.91 Å². The lowest BCUT2D eigenvalue weighted by atomic mass is 9.71. The summed E-state index contributed by atoms with van der Waals surface area (Å²) < 4.78 is 7.20. The van der Waals surface area contributed by atoms with Gasteiger partial charge in [-0.1, -0.05) is 29.8 Å². The smallest absolute Gasteiger partial charge is 0.410 e. The first-order valence-corrected chi connectivity index (χ1v) is 13.3. The van der Waals surface area contributed by atoms with Crippen molar-refractivity contribution in [3.8, 4) is 11.6 Å². The topological polar surface area (TPSA) is 75.0 Å². The van der Waals surface area contributed by atoms with Crippen LogP contribution in [0.3, 0.4) is 0 Å². The van der Waals surface area contributed by atoms with Gasteiger partial charge in [0.05, 0.1) is 10.4 Å². The number of aromatic nitrogens is 1. The van der Waals surface area contributed by atoms with E-state index < -0.39 is 5.60 Å². The van der Waals surface area contributed by atoms with Crippen LogP contribution >= 0.6 is 11.6 Å². The molecule has 3 aromatic rings. The van der Waals surface area contributed by atoms with Gasteiger partial charge in [0.2, 0.25) is 5.88 Å². The minimum absolute atomic E-state index is 0.00266. The van der Waals surface area contributed by atoms with Gasteiger partial charge in [0.15, 0.2) is 0 Å². The standard InChI is InChI=1S/C29H34ClN3O4/c1-28(2,3)37-27(36)32-16-12-29(13-17-32)10-14-31(15-11-29)25(34)20-6-4-8-22(18-20)33-19-21-7-5-9-23(30)24(21)26(33)35/h4-9,18-19,35H,10-17H2,1-3H3. The van der Waals surface area contributed by atoms with E-state index in [9.17, 15) is 14.7 Å². The molecule has 0 unspecified atom stereocenters. The van der Waals surface area contributed by atoms with Crippen molar-refractivity contribution in [3.05, 3.63) is 59.2 Å². The van der Waals surface area contributed by atoms with Crippen LogP contribution in [-0.4, -0.2) is 63.3 Å². The van der Waals surface area contributed by atoms with E-state index in [1.807, 2.05) is 73.2 Å². The predicted octanol–water partition coefficient (Wildman–Crippen LogP) is 6.24. The first-order chi connectivity index (χ1) is 17.6. The fraction of sp³-hybridized carbons (Fsp3) is 0.448. The van der Waals surface area contributed by atoms with Crippen molar-refractivity contribution < 1.29 is 19.4 Å². The highest BCUT2D eigenvalue weighted by Gasteiger charge is 2.40. The molecule has 2 amide bonds. The second kappa shape index (κ2) is 9.60. The second-order valence-electron chi connectivity index (χ2n) is 11.3. The van der Waals surface area contributed by atoms with Gasteiger partial charge in [-0.3, -0.25) is 9.36 Å². The third-order valence-corrected chi connectivity index (χ3v) is 8.04. The highest BCUT2D eigenvalue weighted by atomic mass is 35.5. The molecule has 37 heavy (non-hydrogen) atoms. The average Bonchev–Trinajstić information content (AvgIpc) is 3.21. The highest BCUT2D eigenvalue weighted by molar-refractivity contribution is 6.36. The Bertz CT molecular complexity index is 1320. The maximum absolute atomic E-state index is 13.4. The summed E-state index contributed by atoms with van der Waals surface area (Å²) in [6.07, 6.45) is 5.33. The van der Waals surface area contributed by atoms with Crippen LogP contribution in [-0.2, 0) is 4.74 Å². The van der Waals surface area contributed by atoms with Crippen LogP contribution < -0.4 is 0 Å². The van der Waals surface area contributed by atoms with E-state index in [-0.39, 0.29) is 23.3 Å². The lowest BCUT2D eigenvalue weighted by Gasteiger charge is -2.46. The summed E-state index contributed by atoms with van der Waals surface area (Å²) in [5.41, 5.74) is 0.985. The number of halogens is 1. The maximum Gasteiger partial charge on any atom is 0.410 e. The minimum atomic E-state index is -0.490. The fourth-order valence-electron chi connectivity index (χ4n) is 5.55. The Hall–Kier alpha value is -3.19. The molecule has 1 N–H and O–H groups in total. The molecule has 196 valence electrons. The molecule has 0 bridgehead atoms. The number of benzene rings is 2. The minimum Gasteiger partial charge on any atom is -0.494 e. The molecule has 2 saturated heterocycles. The van der Waals surface area contributed by atoms with Crippen molar-refractivity contribution in [2.45, 2.75) is 52.1 Å². The van der Waals surface area contributed by atoms with Gasteiger partial charge in [-0.15, -0.1) is 0 Å². The number of likely N-dealkylation sites (tertiary alicyclic amines) is 2. The Morgan fingerprint density at radius 1 is 0.946 bits per heavy atom. The van der Waals surface area contributed by atoms with Crippen LogP contribution in [0.1, 0.15) is 56.8 Å². The van der Waals surface area contributed by atoms with Gasteiger partial charge in [-0.2, -0.15) is 0 Å². The number of piperidine rings is 2. The molecule has 1 aromatic heterocycles. The molecule has 0 saturated carbocycles. The lowest BCUT2D eigenvalue weighted by Crippen LogP contribution is -2.50. The van der Waals surface area contributed by atoms with E-state index in [2.05, 4.69) is 0 Å². The van der Waals surface area contributed by atoms with Gasteiger partial charge >= 0.3 is 6.09 Å². The van der Waals surface area contributed by atoms with Crippen molar-refractivity contribution >= 4 is 34.4 Å². The second-order valence-corrected chi connectivity index (χ2v) is 11.7. The molecule has 3 heterocycles. The Labute approximate surface area is 222 Å². The Morgan fingerprint density at radius 2 is 1.57 bits per heavy atom. The molecule has 7 nitrogen and oxygen atoms in total. The number of carbonyl (C=O) groups excluding carboxylic acids is 2. The molecule has 2 fully saturated rings. The molecule has 0 aliphatic carbocycles. The van der Waals surface area contributed by atoms with Crippen LogP contribution in [0.15, 0.2) is 48.7 Å². The van der Waals surface area contributed by atoms with Crippen molar-refractivity contribution in [2.75, 3.05) is 26.2 Å². The first kappa shape index (κ1) is 25.5. The summed E-state index contributed by atoms with van der Waals surface area (Å²) in [4.78, 5) is 29.6. The van der Waals surface area contributed by atoms with E-state index in [4.69, 9.17) is 16.3 Å². The van der Waals surface area contributed by atoms with Gasteiger partial charge < -0.3 is 19.6 Å². The Kier molecular flexibility index (Phi) is 6.61. The van der Waals surface area contributed by atoms with Gasteiger partial charge in [-0.05, 0) is 76.1 Å². The third-order valence-electron chi connectivity index (χ3n) is 7.72. The zero-order valence-electron chi connectivity index (χ0n) is 21.7. The molecular formula is C29H34ClN3O4. The monoisotopic (exact) mass is 523 g/mol. The lowest BCUT2D eigenvalue weighted by molar-refractivity contribution is -0.00113. The van der Waals surface area contributed by atoms with Crippen LogP contribution in [0.4, 0.5) is 4.79 Å². The van der Waals surface area contributed by atoms with Crippen molar-refractivity contribution in [2.24, 2.45) is 5.41 Å². The molecular weight excluding hydrogens is 490 g/mol. The van der Waals surface area contributed by atoms with Crippen molar-refractivity contribution in [3.63, 3.8) is 0 Å². The third kappa shape index (κ3) is 5.14. The molecule has 1 spiro atoms. The van der Waals surface area contributed by atoms with Crippen LogP contribution in [0.25, 0.3) is 16.5 Å². The first-order valence-electron chi connectivity index (χ1n) is 12.9. The zero-order valence-corrected chi connectivity index (χ0v) is 22.4. The summed E-state index contributed by atoms with van der Waals surface area (Å²) in [6, 6.07) is 12.8. The summed E-state index contributed by atoms with van der Waals surface area (Å²) in [6.45, 7) is 8.45. The number of aromatic hydroxyl groups is 1. The number of carbonyl (C=O) groups is 2. The Morgan fingerprint density at radius 3 is 2.19 bits per heavy atom. The van der Waals surface area contributed by atoms with Crippen LogP contribution in [0.5, 0.6) is 5.88 Å². The molecule has 2 aliphatic heterocycles. The molecule has 2 aliphatic rings. The molecule has 0 atom stereocenters. The van der Waals surface area contributed by atoms with E-state index in [1.165, 1.54) is 0 Å². The van der Waals surface area contributed by atoms with Crippen molar-refractivity contribution in [1.29, 1.82) is 0 Å². The maximum atomic E-state index is 13.4. The number of ether oxygens (including phenoxy) is 1. The molecule has 5 rings (SSSR count). The number of hydrogen-bond donors (Lipinski definition) is 1. The average molecular weight is 524 g/mol. The number of nitrogens with zero attached hydrogens (tertiary/aromatic N) is 3. The largest absolute Gasteiger partial charge is 0.494 e. The van der Waals surface area contributed by atoms with E-state index in [1.54, 1.807) is 10.6 Å². The molecule has 8 heteroatoms. The SMILES string of the molecule is CC(C)(C)OC(=O)N1CCC2(CC1)CCN(C(=O)c1cccc(-n3cc4cccc(Cl)c4c3O)c1)CC2. The molecule has 0 radical (unpaired) electrons. The summed E-state index contributed by atoms with van der Waals surface area (Å²) in [7, 11) is 0. The Balaban J connectivity index is 1.24. The van der Waals surface area contributed by atoms with Crippen molar-refractivity contribution in [1.82, 2.24) is 14.4 Å². The van der Waals surface area contributed by atoms with Gasteiger partial charge in [0.1, 0.15) is 5.60 Å². The number of fused-ring (bicyclic) bond motifs is 1. The van der Waals surface area contributed by atoms with Gasteiger partial charge in [-0.25, -0.2) is 4.79 Å². The summed E-state index contributed by atoms with van der Waals surface area (Å²) >= 11 is 6.30. The molecule has 2 aromatic carbocycles. The van der Waals surface area contributed by atoms with E-state index in [0.717, 1.165) is 31.1 Å². The summed E-state index contributed by atoms with van der Waals surface area (Å²) in [5.74, 6) is 0.0555. The summed E-state index contributed by atoms with van der Waals surface area (Å²) in [5, 5.41) is 12.7. The number of hydrogen-bond acceptors (Lipinski definition) is 4. The van der Waals surface area contributed by atoms with Crippen LogP contribution in [0.2, 0.25) is 5.02 Å². The van der Waals surface area contributed by atoms with Crippen LogP contribution in [0, 0.1) is 5.41 Å². The zero-order chi connectivity index (χ0) is 26.4. The van der Waals surface area contributed by atoms with Gasteiger partial charge in [0, 0.05) is 49.0 Å². The quantitative estimate of drug-likeness (QED) is 0.431. The number of rotatable bonds is 2. The normalized spacial score (nSPS) is 17.8. The number of amides is 2. The predicted molar refractivity (Wildman–Crippen MR) is 145 cm³/mol. The fourth-order valence-corrected chi connectivity index (χ4v) is 5.81. The highest BCUT2D eigenvalue weighted by Crippen LogP contribution is 2.42. The van der Waals surface area contributed by atoms with E-state index in [0.29, 0.717) is 47.8 Å².